The molecule has 4 aliphatic carbocycles. The maximum Gasteiger partial charge on any atom is 0.253 e. The van der Waals surface area contributed by atoms with Crippen molar-refractivity contribution in [1.82, 2.24) is 15.8 Å². The Labute approximate surface area is 150 Å². The zero-order chi connectivity index (χ0) is 17.4. The van der Waals surface area contributed by atoms with Crippen LogP contribution in [0, 0.1) is 23.2 Å². The molecule has 0 aromatic heterocycles. The minimum Gasteiger partial charge on any atom is -0.347 e. The largest absolute Gasteiger partial charge is 0.347 e. The number of hydrogen-bond acceptors (Lipinski definition) is 3. The van der Waals surface area contributed by atoms with Gasteiger partial charge in [-0.1, -0.05) is 0 Å². The topological polar surface area (TPSA) is 65.9 Å². The van der Waals surface area contributed by atoms with E-state index >= 15 is 0 Å². The van der Waals surface area contributed by atoms with Gasteiger partial charge >= 0.3 is 0 Å². The maximum absolute atomic E-state index is 12.5. The highest BCUT2D eigenvalue weighted by Gasteiger charge is 2.51. The van der Waals surface area contributed by atoms with Crippen molar-refractivity contribution in [2.45, 2.75) is 44.9 Å². The Morgan fingerprint density at radius 3 is 2.12 bits per heavy atom. The smallest absolute Gasteiger partial charge is 0.253 e. The van der Waals surface area contributed by atoms with Gasteiger partial charge < -0.3 is 10.2 Å². The third-order valence-electron chi connectivity index (χ3n) is 7.05. The molecule has 140 valence electrons. The van der Waals surface area contributed by atoms with Crippen molar-refractivity contribution in [1.29, 1.82) is 0 Å². The maximum atomic E-state index is 12.5. The summed E-state index contributed by atoms with van der Waals surface area (Å²) in [6, 6.07) is 0. The summed E-state index contributed by atoms with van der Waals surface area (Å²) in [6.07, 6.45) is 8.54. The fourth-order valence-corrected chi connectivity index (χ4v) is 6.30. The first-order valence-corrected chi connectivity index (χ1v) is 10.1. The minimum absolute atomic E-state index is 0.0694. The molecule has 0 atom stereocenters. The van der Waals surface area contributed by atoms with Crippen molar-refractivity contribution in [3.63, 3.8) is 0 Å². The molecule has 2 amide bonds. The summed E-state index contributed by atoms with van der Waals surface area (Å²) in [5.74, 6) is 2.56. The van der Waals surface area contributed by atoms with E-state index in [0.29, 0.717) is 6.42 Å². The zero-order valence-electron chi connectivity index (χ0n) is 15.5. The number of nitrogens with zero attached hydrogens (tertiary/aromatic N) is 1. The number of nitrogens with one attached hydrogen (secondary N) is 3. The second-order valence-electron chi connectivity index (χ2n) is 9.35. The Morgan fingerprint density at radius 2 is 1.56 bits per heavy atom. The molecule has 0 aromatic rings. The predicted molar refractivity (Wildman–Crippen MR) is 94.6 cm³/mol. The molecular formula is C19H33N4O2+. The number of piperazine rings is 1. The molecule has 1 heterocycles. The quantitative estimate of drug-likeness (QED) is 0.631. The molecule has 1 saturated heterocycles. The van der Waals surface area contributed by atoms with Crippen LogP contribution in [0.4, 0.5) is 0 Å². The van der Waals surface area contributed by atoms with Crippen LogP contribution in [0.3, 0.4) is 0 Å². The first kappa shape index (κ1) is 17.3. The highest BCUT2D eigenvalue weighted by Crippen LogP contribution is 2.61. The van der Waals surface area contributed by atoms with E-state index in [1.165, 1.54) is 43.4 Å². The summed E-state index contributed by atoms with van der Waals surface area (Å²) in [6.45, 7) is 3.93. The molecule has 0 aromatic carbocycles. The van der Waals surface area contributed by atoms with Gasteiger partial charge in [0.05, 0.1) is 39.8 Å². The fraction of sp³-hybridized carbons (Fsp3) is 0.895. The van der Waals surface area contributed by atoms with Gasteiger partial charge in [0.2, 0.25) is 5.91 Å². The zero-order valence-corrected chi connectivity index (χ0v) is 15.5. The lowest BCUT2D eigenvalue weighted by Gasteiger charge is -2.56. The number of amides is 2. The Kier molecular flexibility index (Phi) is 4.75. The number of hydrogen-bond donors (Lipinski definition) is 3. The van der Waals surface area contributed by atoms with E-state index in [9.17, 15) is 9.59 Å². The monoisotopic (exact) mass is 349 g/mol. The third kappa shape index (κ3) is 4.00. The van der Waals surface area contributed by atoms with E-state index in [-0.39, 0.29) is 23.8 Å². The van der Waals surface area contributed by atoms with Crippen LogP contribution in [0.1, 0.15) is 44.9 Å². The summed E-state index contributed by atoms with van der Waals surface area (Å²) < 4.78 is 0. The molecular weight excluding hydrogens is 316 g/mol. The normalized spacial score (nSPS) is 37.9. The highest BCUT2D eigenvalue weighted by molar-refractivity contribution is 5.84. The second-order valence-corrected chi connectivity index (χ2v) is 9.35. The Morgan fingerprint density at radius 1 is 1.00 bits per heavy atom. The van der Waals surface area contributed by atoms with Gasteiger partial charge in [-0.2, -0.15) is 0 Å². The van der Waals surface area contributed by atoms with Gasteiger partial charge in [0, 0.05) is 6.42 Å². The van der Waals surface area contributed by atoms with Gasteiger partial charge in [-0.15, -0.1) is 0 Å². The predicted octanol–water partition coefficient (Wildman–Crippen LogP) is -0.429. The van der Waals surface area contributed by atoms with Gasteiger partial charge in [0.25, 0.3) is 5.91 Å². The number of likely N-dealkylation sites (N-methyl/N-ethyl adjacent to an activating group) is 1. The SMILES string of the molecule is C[NH+]1CCN(NC(=O)CNC(=O)CC23CC4CC(CC(C4)C2)C3)CC1. The van der Waals surface area contributed by atoms with Crippen LogP contribution >= 0.6 is 0 Å². The number of carbonyl (C=O) groups is 2. The molecule has 6 heteroatoms. The molecule has 0 unspecified atom stereocenters. The molecule has 0 spiro atoms. The lowest BCUT2D eigenvalue weighted by Crippen LogP contribution is -3.12. The lowest BCUT2D eigenvalue weighted by atomic mass is 9.49. The molecule has 4 bridgehead atoms. The third-order valence-corrected chi connectivity index (χ3v) is 7.05. The molecule has 3 N–H and O–H groups in total. The van der Waals surface area contributed by atoms with Crippen molar-refractivity contribution >= 4 is 11.8 Å². The van der Waals surface area contributed by atoms with Crippen LogP contribution in [0.2, 0.25) is 0 Å². The van der Waals surface area contributed by atoms with Crippen molar-refractivity contribution in [2.24, 2.45) is 23.2 Å². The molecule has 25 heavy (non-hydrogen) atoms. The summed E-state index contributed by atoms with van der Waals surface area (Å²) in [5, 5.41) is 4.85. The number of quaternary nitrogens is 1. The van der Waals surface area contributed by atoms with Crippen LogP contribution in [0.15, 0.2) is 0 Å². The van der Waals surface area contributed by atoms with Crippen LogP contribution in [-0.2, 0) is 9.59 Å². The first-order valence-electron chi connectivity index (χ1n) is 10.1. The molecule has 0 radical (unpaired) electrons. The average Bonchev–Trinajstić information content (AvgIpc) is 2.53. The summed E-state index contributed by atoms with van der Waals surface area (Å²) in [4.78, 5) is 26.0. The standard InChI is InChI=1S/C19H32N4O2/c1-22-2-4-23(5-3-22)21-18(25)13-20-17(24)12-19-9-14-6-15(10-19)8-16(7-14)11-19/h14-16H,2-13H2,1H3,(H,20,24)(H,21,25)/p+1. The highest BCUT2D eigenvalue weighted by atomic mass is 16.2. The number of rotatable bonds is 5. The molecule has 4 saturated carbocycles. The van der Waals surface area contributed by atoms with Gasteiger partial charge in [0.1, 0.15) is 0 Å². The van der Waals surface area contributed by atoms with Crippen LogP contribution in [0.5, 0.6) is 0 Å². The molecule has 6 nitrogen and oxygen atoms in total. The lowest BCUT2D eigenvalue weighted by molar-refractivity contribution is -0.884. The summed E-state index contributed by atoms with van der Waals surface area (Å²) in [5.41, 5.74) is 3.17. The van der Waals surface area contributed by atoms with Gasteiger partial charge in [-0.25, -0.2) is 5.01 Å². The van der Waals surface area contributed by atoms with Crippen molar-refractivity contribution in [3.8, 4) is 0 Å². The average molecular weight is 349 g/mol. The fourth-order valence-electron chi connectivity index (χ4n) is 6.30. The van der Waals surface area contributed by atoms with Crippen LogP contribution in [-0.4, -0.2) is 56.6 Å². The van der Waals surface area contributed by atoms with Crippen molar-refractivity contribution in [2.75, 3.05) is 39.8 Å². The van der Waals surface area contributed by atoms with Crippen LogP contribution in [0.25, 0.3) is 0 Å². The molecule has 1 aliphatic heterocycles. The van der Waals surface area contributed by atoms with Gasteiger partial charge in [-0.3, -0.25) is 15.0 Å². The number of hydrazine groups is 1. The Bertz CT molecular complexity index is 492. The summed E-state index contributed by atoms with van der Waals surface area (Å²) in [7, 11) is 2.17. The van der Waals surface area contributed by atoms with Gasteiger partial charge in [-0.05, 0) is 61.7 Å². The summed E-state index contributed by atoms with van der Waals surface area (Å²) >= 11 is 0. The molecule has 5 fully saturated rings. The molecule has 5 aliphatic rings. The van der Waals surface area contributed by atoms with Crippen LogP contribution < -0.4 is 15.6 Å². The van der Waals surface area contributed by atoms with E-state index in [4.69, 9.17) is 0 Å². The first-order chi connectivity index (χ1) is 12.0. The van der Waals surface area contributed by atoms with Crippen molar-refractivity contribution < 1.29 is 14.5 Å². The molecule has 5 rings (SSSR count). The van der Waals surface area contributed by atoms with E-state index in [1.54, 1.807) is 0 Å². The van der Waals surface area contributed by atoms with E-state index in [1.807, 2.05) is 5.01 Å². The van der Waals surface area contributed by atoms with E-state index < -0.39 is 0 Å². The Balaban J connectivity index is 1.21. The minimum atomic E-state index is -0.0987. The second kappa shape index (κ2) is 6.88. The number of carbonyl (C=O) groups excluding carboxylic acids is 2. The van der Waals surface area contributed by atoms with Gasteiger partial charge in [0.15, 0.2) is 0 Å². The van der Waals surface area contributed by atoms with Crippen molar-refractivity contribution in [3.05, 3.63) is 0 Å². The Hall–Kier alpha value is -1.14. The van der Waals surface area contributed by atoms with E-state index in [0.717, 1.165) is 43.9 Å². The van der Waals surface area contributed by atoms with E-state index in [2.05, 4.69) is 17.8 Å².